The van der Waals surface area contributed by atoms with E-state index in [-0.39, 0.29) is 6.04 Å². The lowest BCUT2D eigenvalue weighted by molar-refractivity contribution is 0.570. The molecule has 0 aromatic heterocycles. The standard InChI is InChI=1S/C16H24ClN3/c1-5-10-19-13(3)14-6-7-16(15(17)11-14)20(4)12(2)8-9-18/h6-7,11-13,19H,5,8,10H2,1-4H3. The first kappa shape index (κ1) is 16.8. The molecule has 0 saturated carbocycles. The van der Waals surface area contributed by atoms with Crippen molar-refractivity contribution < 1.29 is 0 Å². The van der Waals surface area contributed by atoms with Gasteiger partial charge in [0.1, 0.15) is 0 Å². The Morgan fingerprint density at radius 2 is 2.10 bits per heavy atom. The van der Waals surface area contributed by atoms with Crippen LogP contribution in [0.15, 0.2) is 18.2 Å². The Balaban J connectivity index is 2.85. The molecule has 0 fully saturated rings. The van der Waals surface area contributed by atoms with Crippen LogP contribution < -0.4 is 10.2 Å². The molecule has 0 spiro atoms. The van der Waals surface area contributed by atoms with Crippen LogP contribution in [0, 0.1) is 11.3 Å². The number of hydrogen-bond donors (Lipinski definition) is 1. The van der Waals surface area contributed by atoms with Crippen LogP contribution in [-0.4, -0.2) is 19.6 Å². The summed E-state index contributed by atoms with van der Waals surface area (Å²) in [5, 5.41) is 13.0. The molecule has 0 aliphatic carbocycles. The fraction of sp³-hybridized carbons (Fsp3) is 0.562. The summed E-state index contributed by atoms with van der Waals surface area (Å²) < 4.78 is 0. The van der Waals surface area contributed by atoms with Gasteiger partial charge in [0.2, 0.25) is 0 Å². The molecule has 3 nitrogen and oxygen atoms in total. The van der Waals surface area contributed by atoms with Crippen molar-refractivity contribution in [3.63, 3.8) is 0 Å². The van der Waals surface area contributed by atoms with E-state index >= 15 is 0 Å². The summed E-state index contributed by atoms with van der Waals surface area (Å²) in [4.78, 5) is 2.06. The van der Waals surface area contributed by atoms with Gasteiger partial charge in [-0.1, -0.05) is 24.6 Å². The molecule has 0 bridgehead atoms. The number of rotatable bonds is 7. The predicted octanol–water partition coefficient (Wildman–Crippen LogP) is 4.14. The molecule has 0 aliphatic heterocycles. The van der Waals surface area contributed by atoms with Gasteiger partial charge in [-0.25, -0.2) is 0 Å². The molecule has 2 atom stereocenters. The number of benzene rings is 1. The van der Waals surface area contributed by atoms with Crippen LogP contribution in [-0.2, 0) is 0 Å². The highest BCUT2D eigenvalue weighted by Gasteiger charge is 2.14. The van der Waals surface area contributed by atoms with Crippen LogP contribution in [0.3, 0.4) is 0 Å². The zero-order chi connectivity index (χ0) is 15.1. The van der Waals surface area contributed by atoms with Gasteiger partial charge in [-0.05, 0) is 44.5 Å². The average Bonchev–Trinajstić information content (AvgIpc) is 2.44. The minimum Gasteiger partial charge on any atom is -0.370 e. The third kappa shape index (κ3) is 4.40. The molecule has 0 aliphatic rings. The fourth-order valence-electron chi connectivity index (χ4n) is 2.06. The summed E-state index contributed by atoms with van der Waals surface area (Å²) in [6.45, 7) is 7.32. The number of halogens is 1. The van der Waals surface area contributed by atoms with E-state index in [4.69, 9.17) is 16.9 Å². The van der Waals surface area contributed by atoms with Crippen molar-refractivity contribution in [3.05, 3.63) is 28.8 Å². The maximum atomic E-state index is 8.78. The number of nitrogens with zero attached hydrogens (tertiary/aromatic N) is 2. The van der Waals surface area contributed by atoms with Gasteiger partial charge in [0.05, 0.1) is 23.2 Å². The van der Waals surface area contributed by atoms with E-state index in [0.29, 0.717) is 12.5 Å². The molecule has 2 unspecified atom stereocenters. The van der Waals surface area contributed by atoms with Crippen molar-refractivity contribution in [1.29, 1.82) is 5.26 Å². The van der Waals surface area contributed by atoms with Crippen molar-refractivity contribution in [2.75, 3.05) is 18.5 Å². The molecule has 1 aromatic rings. The molecule has 0 saturated heterocycles. The van der Waals surface area contributed by atoms with E-state index in [1.165, 1.54) is 5.56 Å². The summed E-state index contributed by atoms with van der Waals surface area (Å²) in [6.07, 6.45) is 1.60. The van der Waals surface area contributed by atoms with E-state index in [0.717, 1.165) is 23.7 Å². The average molecular weight is 294 g/mol. The number of anilines is 1. The molecule has 1 N–H and O–H groups in total. The lowest BCUT2D eigenvalue weighted by Gasteiger charge is -2.27. The van der Waals surface area contributed by atoms with Crippen molar-refractivity contribution in [3.8, 4) is 6.07 Å². The Hall–Kier alpha value is -1.24. The van der Waals surface area contributed by atoms with E-state index in [2.05, 4.69) is 36.2 Å². The van der Waals surface area contributed by atoms with Crippen LogP contribution in [0.2, 0.25) is 5.02 Å². The Kier molecular flexibility index (Phi) is 6.84. The summed E-state index contributed by atoms with van der Waals surface area (Å²) in [5.41, 5.74) is 2.16. The first-order valence-corrected chi connectivity index (χ1v) is 7.51. The lowest BCUT2D eigenvalue weighted by Crippen LogP contribution is -2.28. The Bertz CT molecular complexity index is 467. The van der Waals surface area contributed by atoms with Gasteiger partial charge in [0, 0.05) is 19.1 Å². The highest BCUT2D eigenvalue weighted by molar-refractivity contribution is 6.33. The number of nitrogens with one attached hydrogen (secondary N) is 1. The highest BCUT2D eigenvalue weighted by atomic mass is 35.5. The van der Waals surface area contributed by atoms with Gasteiger partial charge >= 0.3 is 0 Å². The molecule has 0 radical (unpaired) electrons. The molecule has 4 heteroatoms. The van der Waals surface area contributed by atoms with Crippen LogP contribution in [0.5, 0.6) is 0 Å². The Morgan fingerprint density at radius 1 is 1.40 bits per heavy atom. The zero-order valence-corrected chi connectivity index (χ0v) is 13.5. The van der Waals surface area contributed by atoms with E-state index in [9.17, 15) is 0 Å². The SMILES string of the molecule is CCCNC(C)c1ccc(N(C)C(C)CC#N)c(Cl)c1. The van der Waals surface area contributed by atoms with Crippen LogP contribution in [0.4, 0.5) is 5.69 Å². The predicted molar refractivity (Wildman–Crippen MR) is 86.3 cm³/mol. The summed E-state index contributed by atoms with van der Waals surface area (Å²) in [5.74, 6) is 0. The van der Waals surface area contributed by atoms with Gasteiger partial charge in [-0.15, -0.1) is 0 Å². The number of hydrogen-bond acceptors (Lipinski definition) is 3. The smallest absolute Gasteiger partial charge is 0.0643 e. The van der Waals surface area contributed by atoms with Gasteiger partial charge in [-0.3, -0.25) is 0 Å². The van der Waals surface area contributed by atoms with Crippen molar-refractivity contribution >= 4 is 17.3 Å². The highest BCUT2D eigenvalue weighted by Crippen LogP contribution is 2.29. The maximum Gasteiger partial charge on any atom is 0.0643 e. The summed E-state index contributed by atoms with van der Waals surface area (Å²) in [7, 11) is 1.97. The van der Waals surface area contributed by atoms with Crippen molar-refractivity contribution in [1.82, 2.24) is 5.32 Å². The van der Waals surface area contributed by atoms with E-state index in [1.54, 1.807) is 0 Å². The van der Waals surface area contributed by atoms with Gasteiger partial charge < -0.3 is 10.2 Å². The first-order chi connectivity index (χ1) is 9.51. The second-order valence-corrected chi connectivity index (χ2v) is 5.62. The fourth-order valence-corrected chi connectivity index (χ4v) is 2.39. The topological polar surface area (TPSA) is 39.1 Å². The Labute approximate surface area is 127 Å². The Morgan fingerprint density at radius 3 is 2.65 bits per heavy atom. The van der Waals surface area contributed by atoms with Crippen molar-refractivity contribution in [2.24, 2.45) is 0 Å². The lowest BCUT2D eigenvalue weighted by atomic mass is 10.1. The minimum absolute atomic E-state index is 0.152. The van der Waals surface area contributed by atoms with Crippen molar-refractivity contribution in [2.45, 2.75) is 45.7 Å². The molecule has 1 aromatic carbocycles. The van der Waals surface area contributed by atoms with Crippen LogP contribution in [0.25, 0.3) is 0 Å². The van der Waals surface area contributed by atoms with E-state index in [1.807, 2.05) is 26.1 Å². The number of nitriles is 1. The van der Waals surface area contributed by atoms with Gasteiger partial charge in [-0.2, -0.15) is 5.26 Å². The molecule has 110 valence electrons. The monoisotopic (exact) mass is 293 g/mol. The third-order valence-electron chi connectivity index (χ3n) is 3.60. The summed E-state index contributed by atoms with van der Waals surface area (Å²) in [6, 6.07) is 8.79. The normalized spacial score (nSPS) is 13.6. The molecule has 1 rings (SSSR count). The van der Waals surface area contributed by atoms with Gasteiger partial charge in [0.25, 0.3) is 0 Å². The molecule has 20 heavy (non-hydrogen) atoms. The van der Waals surface area contributed by atoms with Crippen LogP contribution >= 0.6 is 11.6 Å². The minimum atomic E-state index is 0.152. The molecule has 0 heterocycles. The largest absolute Gasteiger partial charge is 0.370 e. The molecule has 0 amide bonds. The van der Waals surface area contributed by atoms with Gasteiger partial charge in [0.15, 0.2) is 0 Å². The summed E-state index contributed by atoms with van der Waals surface area (Å²) >= 11 is 6.39. The van der Waals surface area contributed by atoms with E-state index < -0.39 is 0 Å². The zero-order valence-electron chi connectivity index (χ0n) is 12.8. The molecular formula is C16H24ClN3. The first-order valence-electron chi connectivity index (χ1n) is 7.13. The quantitative estimate of drug-likeness (QED) is 0.821. The molecular weight excluding hydrogens is 270 g/mol. The van der Waals surface area contributed by atoms with Crippen LogP contribution in [0.1, 0.15) is 45.2 Å². The second-order valence-electron chi connectivity index (χ2n) is 5.21. The third-order valence-corrected chi connectivity index (χ3v) is 3.90. The second kappa shape index (κ2) is 8.14. The maximum absolute atomic E-state index is 8.78.